The van der Waals surface area contributed by atoms with Gasteiger partial charge in [0, 0.05) is 13.1 Å². The van der Waals surface area contributed by atoms with E-state index >= 15 is 0 Å². The molecule has 0 atom stereocenters. The van der Waals surface area contributed by atoms with Crippen LogP contribution in [-0.2, 0) is 4.79 Å². The van der Waals surface area contributed by atoms with Crippen LogP contribution in [0.4, 0.5) is 5.82 Å². The van der Waals surface area contributed by atoms with E-state index in [-0.39, 0.29) is 11.5 Å². The van der Waals surface area contributed by atoms with E-state index in [9.17, 15) is 9.59 Å². The Hall–Kier alpha value is -2.37. The number of nitrogens with one attached hydrogen (secondary N) is 1. The van der Waals surface area contributed by atoms with Gasteiger partial charge in [0.2, 0.25) is 0 Å². The number of aromatic amines is 1. The molecule has 0 bridgehead atoms. The molecule has 0 saturated carbocycles. The van der Waals surface area contributed by atoms with Crippen molar-refractivity contribution in [1.29, 1.82) is 0 Å². The van der Waals surface area contributed by atoms with E-state index in [4.69, 9.17) is 5.11 Å². The zero-order valence-corrected chi connectivity index (χ0v) is 10.9. The van der Waals surface area contributed by atoms with E-state index in [0.717, 1.165) is 5.52 Å². The largest absolute Gasteiger partial charge is 0.481 e. The normalized spacial score (nSPS) is 16.5. The van der Waals surface area contributed by atoms with E-state index in [0.29, 0.717) is 37.3 Å². The first kappa shape index (κ1) is 12.7. The van der Waals surface area contributed by atoms with Crippen LogP contribution in [0.15, 0.2) is 29.1 Å². The highest BCUT2D eigenvalue weighted by molar-refractivity contribution is 5.75. The number of rotatable bonds is 2. The molecule has 0 amide bonds. The number of carboxylic acids is 1. The lowest BCUT2D eigenvalue weighted by molar-refractivity contribution is -0.142. The summed E-state index contributed by atoms with van der Waals surface area (Å²) in [6.45, 7) is 1.09. The van der Waals surface area contributed by atoms with Crippen molar-refractivity contribution < 1.29 is 9.90 Å². The lowest BCUT2D eigenvalue weighted by Crippen LogP contribution is -2.39. The summed E-state index contributed by atoms with van der Waals surface area (Å²) in [6.07, 6.45) is 1.09. The highest BCUT2D eigenvalue weighted by Crippen LogP contribution is 2.20. The molecule has 104 valence electrons. The highest BCUT2D eigenvalue weighted by Gasteiger charge is 2.26. The number of fused-ring (bicyclic) bond motifs is 1. The lowest BCUT2D eigenvalue weighted by Gasteiger charge is -2.30. The first-order valence-corrected chi connectivity index (χ1v) is 6.62. The van der Waals surface area contributed by atoms with Crippen molar-refractivity contribution in [2.45, 2.75) is 12.8 Å². The molecule has 1 aromatic heterocycles. The maximum absolute atomic E-state index is 12.1. The summed E-state index contributed by atoms with van der Waals surface area (Å²) >= 11 is 0. The Morgan fingerprint density at radius 2 is 2.00 bits per heavy atom. The van der Waals surface area contributed by atoms with Crippen molar-refractivity contribution in [2.24, 2.45) is 5.92 Å². The Labute approximate surface area is 115 Å². The third-order valence-electron chi connectivity index (χ3n) is 3.73. The molecule has 0 radical (unpaired) electrons. The second-order valence-corrected chi connectivity index (χ2v) is 5.01. The van der Waals surface area contributed by atoms with Crippen molar-refractivity contribution >= 4 is 22.8 Å². The number of benzene rings is 1. The molecular weight excluding hydrogens is 258 g/mol. The number of aliphatic carboxylic acids is 1. The van der Waals surface area contributed by atoms with Gasteiger partial charge in [-0.2, -0.15) is 0 Å². The molecule has 2 N–H and O–H groups in total. The minimum Gasteiger partial charge on any atom is -0.481 e. The summed E-state index contributed by atoms with van der Waals surface area (Å²) in [7, 11) is 0. The van der Waals surface area contributed by atoms with Gasteiger partial charge in [-0.1, -0.05) is 12.1 Å². The molecule has 2 heterocycles. The SMILES string of the molecule is O=C(O)C1CCN(c2nc3ccccc3[nH]c2=O)CC1. The molecule has 1 aromatic carbocycles. The smallest absolute Gasteiger partial charge is 0.306 e. The van der Waals surface area contributed by atoms with Crippen molar-refractivity contribution in [3.8, 4) is 0 Å². The van der Waals surface area contributed by atoms with Gasteiger partial charge in [0.1, 0.15) is 0 Å². The van der Waals surface area contributed by atoms with Crippen molar-refractivity contribution in [3.63, 3.8) is 0 Å². The van der Waals surface area contributed by atoms with Gasteiger partial charge in [-0.25, -0.2) is 4.98 Å². The number of piperidine rings is 1. The Morgan fingerprint density at radius 1 is 1.30 bits per heavy atom. The van der Waals surface area contributed by atoms with E-state index in [1.807, 2.05) is 29.2 Å². The van der Waals surface area contributed by atoms with Crippen LogP contribution in [0.3, 0.4) is 0 Å². The summed E-state index contributed by atoms with van der Waals surface area (Å²) < 4.78 is 0. The fourth-order valence-electron chi connectivity index (χ4n) is 2.57. The molecule has 1 saturated heterocycles. The zero-order valence-electron chi connectivity index (χ0n) is 10.9. The Morgan fingerprint density at radius 3 is 2.70 bits per heavy atom. The Kier molecular flexibility index (Phi) is 3.14. The van der Waals surface area contributed by atoms with Crippen LogP contribution in [0, 0.1) is 5.92 Å². The number of anilines is 1. The first-order valence-electron chi connectivity index (χ1n) is 6.62. The average Bonchev–Trinajstić information content (AvgIpc) is 2.46. The maximum Gasteiger partial charge on any atom is 0.306 e. The van der Waals surface area contributed by atoms with Crippen molar-refractivity contribution in [3.05, 3.63) is 34.6 Å². The zero-order chi connectivity index (χ0) is 14.1. The number of aromatic nitrogens is 2. The minimum atomic E-state index is -0.759. The lowest BCUT2D eigenvalue weighted by atomic mass is 9.97. The number of hydrogen-bond acceptors (Lipinski definition) is 4. The fourth-order valence-corrected chi connectivity index (χ4v) is 2.57. The van der Waals surface area contributed by atoms with Gasteiger partial charge < -0.3 is 15.0 Å². The quantitative estimate of drug-likeness (QED) is 0.859. The molecule has 20 heavy (non-hydrogen) atoms. The summed E-state index contributed by atoms with van der Waals surface area (Å²) in [5, 5.41) is 8.99. The number of H-pyrrole nitrogens is 1. The molecule has 0 spiro atoms. The van der Waals surface area contributed by atoms with Gasteiger partial charge in [-0.15, -0.1) is 0 Å². The van der Waals surface area contributed by atoms with Crippen LogP contribution < -0.4 is 10.5 Å². The Balaban J connectivity index is 1.89. The predicted molar refractivity (Wildman–Crippen MR) is 74.9 cm³/mol. The van der Waals surface area contributed by atoms with Gasteiger partial charge in [-0.05, 0) is 25.0 Å². The van der Waals surface area contributed by atoms with Crippen LogP contribution in [0.25, 0.3) is 11.0 Å². The molecule has 1 aliphatic heterocycles. The van der Waals surface area contributed by atoms with Crippen molar-refractivity contribution in [1.82, 2.24) is 9.97 Å². The van der Waals surface area contributed by atoms with Crippen LogP contribution in [0.1, 0.15) is 12.8 Å². The standard InChI is InChI=1S/C14H15N3O3/c18-13-12(15-10-3-1-2-4-11(10)16-13)17-7-5-9(6-8-17)14(19)20/h1-4,9H,5-8H2,(H,16,18)(H,19,20). The molecule has 0 aliphatic carbocycles. The van der Waals surface area contributed by atoms with Gasteiger partial charge in [0.25, 0.3) is 5.56 Å². The summed E-state index contributed by atoms with van der Waals surface area (Å²) in [6, 6.07) is 7.37. The summed E-state index contributed by atoms with van der Waals surface area (Å²) in [4.78, 5) is 32.1. The number of carboxylic acid groups (broad SMARTS) is 1. The molecule has 1 aliphatic rings. The molecule has 1 fully saturated rings. The first-order chi connectivity index (χ1) is 9.65. The van der Waals surface area contributed by atoms with Gasteiger partial charge in [0.15, 0.2) is 5.82 Å². The molecule has 2 aromatic rings. The van der Waals surface area contributed by atoms with Crippen LogP contribution >= 0.6 is 0 Å². The van der Waals surface area contributed by atoms with E-state index < -0.39 is 5.97 Å². The topological polar surface area (TPSA) is 86.3 Å². The van der Waals surface area contributed by atoms with Gasteiger partial charge in [0.05, 0.1) is 17.0 Å². The predicted octanol–water partition coefficient (Wildman–Crippen LogP) is 1.22. The van der Waals surface area contributed by atoms with Gasteiger partial charge in [-0.3, -0.25) is 9.59 Å². The summed E-state index contributed by atoms with van der Waals surface area (Å²) in [5.41, 5.74) is 1.22. The number of carbonyl (C=O) groups is 1. The fraction of sp³-hybridized carbons (Fsp3) is 0.357. The monoisotopic (exact) mass is 273 g/mol. The molecule has 3 rings (SSSR count). The maximum atomic E-state index is 12.1. The average molecular weight is 273 g/mol. The number of hydrogen-bond donors (Lipinski definition) is 2. The molecule has 6 nitrogen and oxygen atoms in total. The molecule has 6 heteroatoms. The Bertz CT molecular complexity index is 702. The summed E-state index contributed by atoms with van der Waals surface area (Å²) in [5.74, 6) is -0.691. The van der Waals surface area contributed by atoms with E-state index in [1.54, 1.807) is 0 Å². The second-order valence-electron chi connectivity index (χ2n) is 5.01. The molecular formula is C14H15N3O3. The number of nitrogens with zero attached hydrogens (tertiary/aromatic N) is 2. The van der Waals surface area contributed by atoms with E-state index in [1.165, 1.54) is 0 Å². The third kappa shape index (κ3) is 2.24. The van der Waals surface area contributed by atoms with Gasteiger partial charge >= 0.3 is 5.97 Å². The van der Waals surface area contributed by atoms with Crippen LogP contribution in [0.2, 0.25) is 0 Å². The van der Waals surface area contributed by atoms with E-state index in [2.05, 4.69) is 9.97 Å². The molecule has 0 unspecified atom stereocenters. The highest BCUT2D eigenvalue weighted by atomic mass is 16.4. The second kappa shape index (κ2) is 4.96. The minimum absolute atomic E-state index is 0.225. The van der Waals surface area contributed by atoms with Crippen LogP contribution in [-0.4, -0.2) is 34.1 Å². The van der Waals surface area contributed by atoms with Crippen LogP contribution in [0.5, 0.6) is 0 Å². The number of para-hydroxylation sites is 2. The van der Waals surface area contributed by atoms with Crippen molar-refractivity contribution in [2.75, 3.05) is 18.0 Å². The third-order valence-corrected chi connectivity index (χ3v) is 3.73.